The molecule has 0 fully saturated rings. The highest BCUT2D eigenvalue weighted by Gasteiger charge is 2.38. The van der Waals surface area contributed by atoms with Crippen LogP contribution in [0.15, 0.2) is 23.4 Å². The number of hydrogen-bond acceptors (Lipinski definition) is 9. The van der Waals surface area contributed by atoms with Gasteiger partial charge in [0, 0.05) is 25.0 Å². The van der Waals surface area contributed by atoms with E-state index >= 15 is 0 Å². The van der Waals surface area contributed by atoms with Crippen molar-refractivity contribution in [2.45, 2.75) is 38.5 Å². The van der Waals surface area contributed by atoms with Gasteiger partial charge in [0.05, 0.1) is 30.6 Å². The van der Waals surface area contributed by atoms with Gasteiger partial charge in [-0.1, -0.05) is 0 Å². The van der Waals surface area contributed by atoms with E-state index in [1.807, 2.05) is 0 Å². The van der Waals surface area contributed by atoms with Crippen molar-refractivity contribution < 1.29 is 35.9 Å². The van der Waals surface area contributed by atoms with Gasteiger partial charge < -0.3 is 10.1 Å². The largest absolute Gasteiger partial charge is 0.423 e. The summed E-state index contributed by atoms with van der Waals surface area (Å²) in [5.41, 5.74) is -4.38. The second kappa shape index (κ2) is 9.75. The van der Waals surface area contributed by atoms with E-state index in [2.05, 4.69) is 30.5 Å². The van der Waals surface area contributed by atoms with E-state index in [1.54, 1.807) is 5.10 Å². The van der Waals surface area contributed by atoms with E-state index < -0.39 is 46.7 Å². The predicted octanol–water partition coefficient (Wildman–Crippen LogP) is 1.87. The van der Waals surface area contributed by atoms with Crippen LogP contribution in [-0.4, -0.2) is 60.0 Å². The normalized spacial score (nSPS) is 15.0. The fourth-order valence-corrected chi connectivity index (χ4v) is 3.40. The molecule has 1 atom stereocenters. The van der Waals surface area contributed by atoms with Crippen LogP contribution in [0.2, 0.25) is 0 Å². The maximum absolute atomic E-state index is 13.2. The van der Waals surface area contributed by atoms with Crippen LogP contribution in [0.3, 0.4) is 0 Å². The molecule has 4 heterocycles. The third kappa shape index (κ3) is 5.68. The highest BCUT2D eigenvalue weighted by molar-refractivity contribution is 6.03. The monoisotopic (exact) mass is 533 g/mol. The number of halogens is 6. The van der Waals surface area contributed by atoms with Gasteiger partial charge in [0.2, 0.25) is 11.8 Å². The molecule has 2 N–H and O–H groups in total. The molecule has 0 saturated carbocycles. The van der Waals surface area contributed by atoms with Crippen molar-refractivity contribution in [3.63, 3.8) is 0 Å². The number of nitrogens with zero attached hydrogens (tertiary/aromatic N) is 7. The fraction of sp³-hybridized carbons (Fsp3) is 0.421. The minimum Gasteiger partial charge on any atom is -0.378 e. The number of amides is 1. The molecule has 1 aliphatic heterocycles. The summed E-state index contributed by atoms with van der Waals surface area (Å²) in [6.07, 6.45) is -7.54. The number of alkyl halides is 6. The van der Waals surface area contributed by atoms with Crippen LogP contribution >= 0.6 is 0 Å². The number of carbonyl (C=O) groups is 1. The molecule has 4 rings (SSSR count). The van der Waals surface area contributed by atoms with Crippen molar-refractivity contribution in [3.05, 3.63) is 51.7 Å². The van der Waals surface area contributed by atoms with Crippen molar-refractivity contribution in [1.29, 1.82) is 0 Å². The van der Waals surface area contributed by atoms with E-state index in [0.717, 1.165) is 11.1 Å². The van der Waals surface area contributed by atoms with Gasteiger partial charge >= 0.3 is 12.4 Å². The van der Waals surface area contributed by atoms with Crippen LogP contribution in [0.5, 0.6) is 0 Å². The summed E-state index contributed by atoms with van der Waals surface area (Å²) in [5, 5.41) is 11.8. The Morgan fingerprint density at radius 2 is 1.78 bits per heavy atom. The third-order valence-corrected chi connectivity index (χ3v) is 5.03. The van der Waals surface area contributed by atoms with Crippen molar-refractivity contribution in [1.82, 2.24) is 34.9 Å². The number of anilines is 2. The molecule has 0 bridgehead atoms. The highest BCUT2D eigenvalue weighted by atomic mass is 19.4. The maximum Gasteiger partial charge on any atom is 0.423 e. The lowest BCUT2D eigenvalue weighted by molar-refractivity contribution is -0.139. The SMILES string of the molecule is C[C@@H](COCc1nc2n(n1)CCN(c1ncc(C(F)(F)F)cn1)C2=O)Nc1cn[nH]c(=O)c1C(F)(F)F. The lowest BCUT2D eigenvalue weighted by Crippen LogP contribution is -2.42. The summed E-state index contributed by atoms with van der Waals surface area (Å²) >= 11 is 0. The number of hydrogen-bond donors (Lipinski definition) is 2. The molecular formula is C19H17F6N9O3. The minimum absolute atomic E-state index is 0.0353. The summed E-state index contributed by atoms with van der Waals surface area (Å²) in [6, 6.07) is -0.684. The van der Waals surface area contributed by atoms with Crippen molar-refractivity contribution >= 4 is 17.5 Å². The maximum atomic E-state index is 13.2. The number of fused-ring (bicyclic) bond motifs is 1. The lowest BCUT2D eigenvalue weighted by Gasteiger charge is -2.24. The molecule has 0 unspecified atom stereocenters. The number of carbonyl (C=O) groups excluding carboxylic acids is 1. The van der Waals surface area contributed by atoms with Gasteiger partial charge in [0.25, 0.3) is 11.5 Å². The first-order valence-corrected chi connectivity index (χ1v) is 10.5. The summed E-state index contributed by atoms with van der Waals surface area (Å²) in [7, 11) is 0. The van der Waals surface area contributed by atoms with Crippen molar-refractivity contribution in [2.24, 2.45) is 0 Å². The predicted molar refractivity (Wildman–Crippen MR) is 111 cm³/mol. The molecule has 1 amide bonds. The first-order valence-electron chi connectivity index (χ1n) is 10.5. The van der Waals surface area contributed by atoms with Gasteiger partial charge in [-0.3, -0.25) is 14.5 Å². The van der Waals surface area contributed by atoms with Crippen molar-refractivity contribution in [2.75, 3.05) is 23.4 Å². The zero-order valence-corrected chi connectivity index (χ0v) is 18.8. The van der Waals surface area contributed by atoms with E-state index in [1.165, 1.54) is 11.6 Å². The second-order valence-electron chi connectivity index (χ2n) is 7.85. The van der Waals surface area contributed by atoms with Gasteiger partial charge in [-0.2, -0.15) is 36.5 Å². The quantitative estimate of drug-likeness (QED) is 0.435. The van der Waals surface area contributed by atoms with Crippen LogP contribution in [0, 0.1) is 0 Å². The average Bonchev–Trinajstić information content (AvgIpc) is 3.22. The molecule has 3 aromatic rings. The van der Waals surface area contributed by atoms with E-state index in [4.69, 9.17) is 4.74 Å². The molecule has 0 radical (unpaired) electrons. The molecule has 37 heavy (non-hydrogen) atoms. The Hall–Kier alpha value is -4.09. The van der Waals surface area contributed by atoms with E-state index in [9.17, 15) is 35.9 Å². The van der Waals surface area contributed by atoms with Crippen LogP contribution in [0.4, 0.5) is 38.0 Å². The lowest BCUT2D eigenvalue weighted by atomic mass is 10.2. The first-order chi connectivity index (χ1) is 17.3. The Labute approximate surface area is 202 Å². The second-order valence-corrected chi connectivity index (χ2v) is 7.85. The molecule has 0 aliphatic carbocycles. The number of aromatic amines is 1. The topological polar surface area (TPSA) is 144 Å². The number of aromatic nitrogens is 7. The zero-order valence-electron chi connectivity index (χ0n) is 18.8. The Morgan fingerprint density at radius 1 is 1.08 bits per heavy atom. The Bertz CT molecular complexity index is 1340. The average molecular weight is 533 g/mol. The molecule has 0 aromatic carbocycles. The number of nitrogens with one attached hydrogen (secondary N) is 2. The smallest absolute Gasteiger partial charge is 0.378 e. The number of ether oxygens (including phenoxy) is 1. The summed E-state index contributed by atoms with van der Waals surface area (Å²) in [4.78, 5) is 36.7. The highest BCUT2D eigenvalue weighted by Crippen LogP contribution is 2.32. The van der Waals surface area contributed by atoms with Crippen LogP contribution in [-0.2, 0) is 30.2 Å². The Kier molecular flexibility index (Phi) is 6.85. The van der Waals surface area contributed by atoms with Gasteiger partial charge in [0.1, 0.15) is 12.2 Å². The fourth-order valence-electron chi connectivity index (χ4n) is 3.40. The van der Waals surface area contributed by atoms with Gasteiger partial charge in [-0.05, 0) is 6.92 Å². The molecule has 198 valence electrons. The Morgan fingerprint density at radius 3 is 2.43 bits per heavy atom. The molecule has 0 spiro atoms. The molecule has 1 aliphatic rings. The van der Waals surface area contributed by atoms with E-state index in [0.29, 0.717) is 12.4 Å². The van der Waals surface area contributed by atoms with Crippen LogP contribution in [0.25, 0.3) is 0 Å². The van der Waals surface area contributed by atoms with Gasteiger partial charge in [0.15, 0.2) is 5.82 Å². The summed E-state index contributed by atoms with van der Waals surface area (Å²) in [6.45, 7) is 1.39. The summed E-state index contributed by atoms with van der Waals surface area (Å²) < 4.78 is 84.4. The minimum atomic E-state index is -4.90. The number of H-pyrrole nitrogens is 1. The molecule has 3 aromatic heterocycles. The zero-order chi connectivity index (χ0) is 27.0. The van der Waals surface area contributed by atoms with Crippen LogP contribution in [0.1, 0.15) is 34.5 Å². The Balaban J connectivity index is 1.36. The van der Waals surface area contributed by atoms with E-state index in [-0.39, 0.29) is 43.9 Å². The third-order valence-electron chi connectivity index (χ3n) is 5.03. The van der Waals surface area contributed by atoms with Gasteiger partial charge in [-0.15, -0.1) is 0 Å². The first kappa shape index (κ1) is 26.0. The number of rotatable bonds is 7. The van der Waals surface area contributed by atoms with Crippen molar-refractivity contribution in [3.8, 4) is 0 Å². The molecule has 12 nitrogen and oxygen atoms in total. The van der Waals surface area contributed by atoms with Gasteiger partial charge in [-0.25, -0.2) is 24.7 Å². The van der Waals surface area contributed by atoms with Crippen LogP contribution < -0.4 is 15.8 Å². The molecule has 0 saturated heterocycles. The standard InChI is InChI=1S/C19H17F6N9O3/c1-9(29-11-6-28-31-15(35)13(11)19(23,24)25)7-37-8-12-30-14-16(36)33(2-3-34(14)32-12)17-26-4-10(5-27-17)18(20,21)22/h4-6,9H,2-3,7-8H2,1H3,(H2,29,31,35)/t9-/m0/s1. The molecule has 18 heteroatoms. The molecular weight excluding hydrogens is 516 g/mol. The summed E-state index contributed by atoms with van der Waals surface area (Å²) in [5.74, 6) is -0.915.